The molecule has 4 heteroatoms. The Hall–Kier alpha value is -1.97. The zero-order valence-corrected chi connectivity index (χ0v) is 14.4. The molecule has 23 heavy (non-hydrogen) atoms. The van der Waals surface area contributed by atoms with Crippen LogP contribution in [0.15, 0.2) is 36.7 Å². The van der Waals surface area contributed by atoms with Crippen molar-refractivity contribution in [3.63, 3.8) is 0 Å². The first kappa shape index (κ1) is 19.1. The first-order chi connectivity index (χ1) is 11.2. The molecule has 1 aromatic carbocycles. The van der Waals surface area contributed by atoms with E-state index in [2.05, 4.69) is 29.3 Å². The quantitative estimate of drug-likeness (QED) is 0.452. The van der Waals surface area contributed by atoms with E-state index in [0.29, 0.717) is 5.69 Å². The number of benzene rings is 1. The van der Waals surface area contributed by atoms with Gasteiger partial charge in [0.25, 0.3) is 0 Å². The Kier molecular flexibility index (Phi) is 10.4. The third-order valence-corrected chi connectivity index (χ3v) is 3.82. The van der Waals surface area contributed by atoms with Gasteiger partial charge in [0, 0.05) is 11.9 Å². The van der Waals surface area contributed by atoms with Crippen LogP contribution in [0.5, 0.6) is 0 Å². The van der Waals surface area contributed by atoms with E-state index < -0.39 is 0 Å². The first-order valence-corrected chi connectivity index (χ1v) is 8.81. The van der Waals surface area contributed by atoms with Crippen LogP contribution in [0.2, 0.25) is 0 Å². The molecule has 2 aromatic rings. The Morgan fingerprint density at radius 2 is 1.43 bits per heavy atom. The first-order valence-electron chi connectivity index (χ1n) is 8.81. The molecule has 0 saturated carbocycles. The predicted octanol–water partition coefficient (Wildman–Crippen LogP) is 4.94. The number of aromatic nitrogens is 2. The highest BCUT2D eigenvalue weighted by Gasteiger charge is 1.94. The molecule has 0 amide bonds. The average molecular weight is 316 g/mol. The van der Waals surface area contributed by atoms with Gasteiger partial charge in [-0.25, -0.2) is 0 Å². The van der Waals surface area contributed by atoms with Crippen LogP contribution in [0, 0.1) is 0 Å². The van der Waals surface area contributed by atoms with Crippen molar-refractivity contribution in [2.45, 2.75) is 64.7 Å². The molecule has 0 saturated heterocycles. The number of nitrogens with zero attached hydrogens (tertiary/aromatic N) is 1. The van der Waals surface area contributed by atoms with Crippen molar-refractivity contribution in [2.75, 3.05) is 11.5 Å². The molecule has 0 aliphatic carbocycles. The number of unbranched alkanes of at least 4 members (excludes halogenated alkanes) is 7. The normalized spacial score (nSPS) is 10.1. The van der Waals surface area contributed by atoms with Gasteiger partial charge in [0.2, 0.25) is 0 Å². The Labute approximate surface area is 140 Å². The highest BCUT2D eigenvalue weighted by Crippen LogP contribution is 2.12. The number of nitrogens with one attached hydrogen (secondary N) is 1. The van der Waals surface area contributed by atoms with Gasteiger partial charge in [-0.15, -0.1) is 0 Å². The smallest absolute Gasteiger partial charge is 0.0717 e. The second-order valence-electron chi connectivity index (χ2n) is 6.00. The van der Waals surface area contributed by atoms with Crippen LogP contribution in [0.4, 0.5) is 11.4 Å². The zero-order chi connectivity index (χ0) is 16.8. The van der Waals surface area contributed by atoms with Crippen LogP contribution in [-0.4, -0.2) is 10.2 Å². The fraction of sp³-hybridized carbons (Fsp3) is 0.526. The predicted molar refractivity (Wildman–Crippen MR) is 100 cm³/mol. The van der Waals surface area contributed by atoms with E-state index in [1.807, 2.05) is 12.1 Å². The zero-order valence-electron chi connectivity index (χ0n) is 14.4. The summed E-state index contributed by atoms with van der Waals surface area (Å²) in [7, 11) is 0. The maximum Gasteiger partial charge on any atom is 0.0717 e. The van der Waals surface area contributed by atoms with Crippen LogP contribution in [0.1, 0.15) is 63.9 Å². The molecule has 0 fully saturated rings. The number of aromatic amines is 1. The largest absolute Gasteiger partial charge is 0.399 e. The lowest BCUT2D eigenvalue weighted by atomic mass is 10.0. The number of nitrogen functional groups attached to an aromatic ring is 2. The lowest BCUT2D eigenvalue weighted by molar-refractivity contribution is 0.575. The van der Waals surface area contributed by atoms with Gasteiger partial charge in [0.15, 0.2) is 0 Å². The molecule has 128 valence electrons. The molecule has 0 bridgehead atoms. The molecule has 0 aliphatic rings. The molecule has 0 atom stereocenters. The second kappa shape index (κ2) is 12.6. The molecule has 5 N–H and O–H groups in total. The van der Waals surface area contributed by atoms with E-state index in [-0.39, 0.29) is 0 Å². The van der Waals surface area contributed by atoms with Gasteiger partial charge in [-0.1, -0.05) is 64.0 Å². The van der Waals surface area contributed by atoms with Crippen molar-refractivity contribution < 1.29 is 0 Å². The number of H-pyrrole nitrogens is 1. The number of nitrogens with two attached hydrogens (primary N) is 2. The number of anilines is 2. The van der Waals surface area contributed by atoms with Crippen LogP contribution in [-0.2, 0) is 6.42 Å². The number of rotatable bonds is 9. The number of hydrogen-bond acceptors (Lipinski definition) is 3. The number of aryl methyl sites for hydroxylation is 1. The van der Waals surface area contributed by atoms with Gasteiger partial charge in [-0.05, 0) is 30.5 Å². The van der Waals surface area contributed by atoms with E-state index >= 15 is 0 Å². The Bertz CT molecular complexity index is 477. The van der Waals surface area contributed by atoms with Crippen molar-refractivity contribution in [1.82, 2.24) is 10.2 Å². The van der Waals surface area contributed by atoms with Crippen molar-refractivity contribution in [3.05, 3.63) is 42.2 Å². The molecule has 0 spiro atoms. The molecule has 1 heterocycles. The fourth-order valence-corrected chi connectivity index (χ4v) is 2.41. The van der Waals surface area contributed by atoms with Crippen LogP contribution < -0.4 is 11.5 Å². The molecule has 0 aliphatic heterocycles. The summed E-state index contributed by atoms with van der Waals surface area (Å²) in [6.07, 6.45) is 15.5. The van der Waals surface area contributed by atoms with Crippen molar-refractivity contribution in [1.29, 1.82) is 0 Å². The van der Waals surface area contributed by atoms with Crippen molar-refractivity contribution in [3.8, 4) is 0 Å². The topological polar surface area (TPSA) is 80.7 Å². The van der Waals surface area contributed by atoms with E-state index in [1.165, 1.54) is 63.4 Å². The van der Waals surface area contributed by atoms with Crippen molar-refractivity contribution >= 4 is 11.4 Å². The van der Waals surface area contributed by atoms with E-state index in [9.17, 15) is 0 Å². The molecule has 2 rings (SSSR count). The summed E-state index contributed by atoms with van der Waals surface area (Å²) >= 11 is 0. The average Bonchev–Trinajstić information content (AvgIpc) is 3.03. The minimum Gasteiger partial charge on any atom is -0.399 e. The summed E-state index contributed by atoms with van der Waals surface area (Å²) < 4.78 is 0. The maximum atomic E-state index is 5.66. The summed E-state index contributed by atoms with van der Waals surface area (Å²) in [5, 5.41) is 6.13. The SMILES string of the molecule is CCCCCCCCCCc1ccc(N)cc1.Nc1cn[nH]c1. The van der Waals surface area contributed by atoms with Crippen molar-refractivity contribution in [2.24, 2.45) is 0 Å². The second-order valence-corrected chi connectivity index (χ2v) is 6.00. The summed E-state index contributed by atoms with van der Waals surface area (Å²) in [5.41, 5.74) is 13.8. The van der Waals surface area contributed by atoms with Crippen LogP contribution >= 0.6 is 0 Å². The standard InChI is InChI=1S/C16H27N.C3H5N3/c1-2-3-4-5-6-7-8-9-10-15-11-13-16(17)14-12-15;4-3-1-5-6-2-3/h11-14H,2-10,17H2,1H3;1-2H,4H2,(H,5,6). The fourth-order valence-electron chi connectivity index (χ4n) is 2.41. The van der Waals surface area contributed by atoms with Gasteiger partial charge in [0.1, 0.15) is 0 Å². The minimum atomic E-state index is 0.676. The van der Waals surface area contributed by atoms with Gasteiger partial charge in [0.05, 0.1) is 11.9 Å². The molecule has 1 aromatic heterocycles. The highest BCUT2D eigenvalue weighted by atomic mass is 15.1. The summed E-state index contributed by atoms with van der Waals surface area (Å²) in [6, 6.07) is 8.30. The summed E-state index contributed by atoms with van der Waals surface area (Å²) in [5.74, 6) is 0. The lowest BCUT2D eigenvalue weighted by Crippen LogP contribution is -1.88. The van der Waals surface area contributed by atoms with E-state index in [4.69, 9.17) is 11.5 Å². The third-order valence-electron chi connectivity index (χ3n) is 3.82. The molecular formula is C19H32N4. The van der Waals surface area contributed by atoms with Crippen LogP contribution in [0.3, 0.4) is 0 Å². The van der Waals surface area contributed by atoms with Crippen LogP contribution in [0.25, 0.3) is 0 Å². The van der Waals surface area contributed by atoms with Gasteiger partial charge < -0.3 is 11.5 Å². The van der Waals surface area contributed by atoms with Gasteiger partial charge in [-0.2, -0.15) is 5.10 Å². The van der Waals surface area contributed by atoms with E-state index in [1.54, 1.807) is 12.4 Å². The molecule has 0 radical (unpaired) electrons. The van der Waals surface area contributed by atoms with E-state index in [0.717, 1.165) is 5.69 Å². The third kappa shape index (κ3) is 10.4. The number of hydrogen-bond donors (Lipinski definition) is 3. The Balaban J connectivity index is 0.000000366. The summed E-state index contributed by atoms with van der Waals surface area (Å²) in [6.45, 7) is 2.27. The maximum absolute atomic E-state index is 5.66. The Morgan fingerprint density at radius 1 is 0.826 bits per heavy atom. The lowest BCUT2D eigenvalue weighted by Gasteiger charge is -2.03. The minimum absolute atomic E-state index is 0.676. The monoisotopic (exact) mass is 316 g/mol. The highest BCUT2D eigenvalue weighted by molar-refractivity contribution is 5.39. The summed E-state index contributed by atoms with van der Waals surface area (Å²) in [4.78, 5) is 0. The van der Waals surface area contributed by atoms with Gasteiger partial charge >= 0.3 is 0 Å². The molecule has 4 nitrogen and oxygen atoms in total. The molecular weight excluding hydrogens is 284 g/mol. The molecule has 0 unspecified atom stereocenters. The Morgan fingerprint density at radius 3 is 1.91 bits per heavy atom. The van der Waals surface area contributed by atoms with Gasteiger partial charge in [-0.3, -0.25) is 5.10 Å².